The monoisotopic (exact) mass is 225 g/mol. The number of aliphatic hydroxyl groups excluding tert-OH is 1. The van der Waals surface area contributed by atoms with Gasteiger partial charge in [-0.2, -0.15) is 0 Å². The van der Waals surface area contributed by atoms with Crippen LogP contribution in [0.25, 0.3) is 0 Å². The van der Waals surface area contributed by atoms with Crippen LogP contribution in [-0.4, -0.2) is 36.4 Å². The molecule has 1 heterocycles. The Morgan fingerprint density at radius 2 is 2.00 bits per heavy atom. The van der Waals surface area contributed by atoms with Crippen LogP contribution in [-0.2, 0) is 9.53 Å². The van der Waals surface area contributed by atoms with Gasteiger partial charge in [0.15, 0.2) is 0 Å². The van der Waals surface area contributed by atoms with Gasteiger partial charge in [-0.3, -0.25) is 4.79 Å². The maximum absolute atomic E-state index is 11.7. The maximum Gasteiger partial charge on any atom is 0.223 e. The van der Waals surface area contributed by atoms with Gasteiger partial charge in [0.25, 0.3) is 0 Å². The molecule has 4 heteroatoms. The molecule has 0 radical (unpaired) electrons. The second-order valence-electron chi connectivity index (χ2n) is 5.43. The highest BCUT2D eigenvalue weighted by Crippen LogP contribution is 2.49. The second-order valence-corrected chi connectivity index (χ2v) is 5.43. The fourth-order valence-electron chi connectivity index (χ4n) is 3.04. The number of amides is 1. The van der Waals surface area contributed by atoms with Crippen LogP contribution in [0.3, 0.4) is 0 Å². The summed E-state index contributed by atoms with van der Waals surface area (Å²) in [6.07, 6.45) is 4.31. The van der Waals surface area contributed by atoms with Crippen molar-refractivity contribution in [2.45, 2.75) is 44.2 Å². The highest BCUT2D eigenvalue weighted by atomic mass is 16.5. The molecule has 0 aromatic heterocycles. The van der Waals surface area contributed by atoms with Gasteiger partial charge in [0.05, 0.1) is 6.10 Å². The molecule has 2 atom stereocenters. The van der Waals surface area contributed by atoms with Crippen LogP contribution >= 0.6 is 0 Å². The van der Waals surface area contributed by atoms with Crippen molar-refractivity contribution in [2.24, 2.45) is 11.3 Å². The largest absolute Gasteiger partial charge is 0.392 e. The van der Waals surface area contributed by atoms with Crippen LogP contribution in [0.1, 0.15) is 32.1 Å². The van der Waals surface area contributed by atoms with Gasteiger partial charge >= 0.3 is 0 Å². The molecule has 0 aromatic carbocycles. The molecule has 2 aliphatic carbocycles. The van der Waals surface area contributed by atoms with Gasteiger partial charge in [-0.25, -0.2) is 0 Å². The summed E-state index contributed by atoms with van der Waals surface area (Å²) in [7, 11) is 0. The molecule has 1 saturated heterocycles. The van der Waals surface area contributed by atoms with E-state index in [1.807, 2.05) is 0 Å². The van der Waals surface area contributed by atoms with Gasteiger partial charge < -0.3 is 15.2 Å². The van der Waals surface area contributed by atoms with E-state index in [1.54, 1.807) is 0 Å². The van der Waals surface area contributed by atoms with Crippen molar-refractivity contribution >= 4 is 5.91 Å². The number of rotatable bonds is 2. The van der Waals surface area contributed by atoms with Crippen molar-refractivity contribution in [3.63, 3.8) is 0 Å². The third-order valence-electron chi connectivity index (χ3n) is 4.50. The lowest BCUT2D eigenvalue weighted by molar-refractivity contribution is -0.156. The molecule has 1 amide bonds. The van der Waals surface area contributed by atoms with Crippen LogP contribution in [0.2, 0.25) is 0 Å². The maximum atomic E-state index is 11.7. The molecular weight excluding hydrogens is 206 g/mol. The van der Waals surface area contributed by atoms with E-state index in [0.717, 1.165) is 32.1 Å². The van der Waals surface area contributed by atoms with Gasteiger partial charge in [0.1, 0.15) is 0 Å². The molecule has 3 aliphatic rings. The first kappa shape index (κ1) is 10.5. The Hall–Kier alpha value is -0.610. The molecule has 1 spiro atoms. The van der Waals surface area contributed by atoms with Gasteiger partial charge in [-0.05, 0) is 32.1 Å². The topological polar surface area (TPSA) is 58.6 Å². The summed E-state index contributed by atoms with van der Waals surface area (Å²) in [6, 6.07) is 0.180. The predicted octanol–water partition coefficient (Wildman–Crippen LogP) is 0.443. The normalized spacial score (nSPS) is 36.8. The van der Waals surface area contributed by atoms with Gasteiger partial charge in [0, 0.05) is 30.6 Å². The molecule has 2 saturated carbocycles. The quantitative estimate of drug-likeness (QED) is 0.717. The average Bonchev–Trinajstić information content (AvgIpc) is 3.13. The number of carbonyl (C=O) groups is 1. The summed E-state index contributed by atoms with van der Waals surface area (Å²) >= 11 is 0. The van der Waals surface area contributed by atoms with Crippen LogP contribution in [0.15, 0.2) is 0 Å². The SMILES string of the molecule is O=C(N[C@@H]1C[C@@H](O)C12CCOCC2)C1CC1. The minimum Gasteiger partial charge on any atom is -0.392 e. The van der Waals surface area contributed by atoms with Crippen molar-refractivity contribution in [3.8, 4) is 0 Å². The Morgan fingerprint density at radius 3 is 2.56 bits per heavy atom. The van der Waals surface area contributed by atoms with Crippen LogP contribution < -0.4 is 5.32 Å². The minimum atomic E-state index is -0.249. The van der Waals surface area contributed by atoms with Crippen molar-refractivity contribution in [1.29, 1.82) is 0 Å². The Bertz CT molecular complexity index is 295. The Kier molecular flexibility index (Phi) is 2.44. The predicted molar refractivity (Wildman–Crippen MR) is 57.8 cm³/mol. The van der Waals surface area contributed by atoms with Crippen LogP contribution in [0.5, 0.6) is 0 Å². The van der Waals surface area contributed by atoms with E-state index in [2.05, 4.69) is 5.32 Å². The molecule has 3 fully saturated rings. The summed E-state index contributed by atoms with van der Waals surface area (Å²) in [5.41, 5.74) is -0.0806. The summed E-state index contributed by atoms with van der Waals surface area (Å²) < 4.78 is 5.34. The van der Waals surface area contributed by atoms with Crippen molar-refractivity contribution < 1.29 is 14.6 Å². The Labute approximate surface area is 95.4 Å². The molecule has 16 heavy (non-hydrogen) atoms. The van der Waals surface area contributed by atoms with Crippen molar-refractivity contribution in [3.05, 3.63) is 0 Å². The average molecular weight is 225 g/mol. The van der Waals surface area contributed by atoms with E-state index in [9.17, 15) is 9.90 Å². The number of aliphatic hydroxyl groups is 1. The van der Waals surface area contributed by atoms with E-state index in [1.165, 1.54) is 0 Å². The molecule has 90 valence electrons. The fourth-order valence-corrected chi connectivity index (χ4v) is 3.04. The summed E-state index contributed by atoms with van der Waals surface area (Å²) in [5.74, 6) is 0.456. The van der Waals surface area contributed by atoms with Gasteiger partial charge in [-0.1, -0.05) is 0 Å². The lowest BCUT2D eigenvalue weighted by atomic mass is 9.58. The van der Waals surface area contributed by atoms with Gasteiger partial charge in [-0.15, -0.1) is 0 Å². The molecule has 0 aromatic rings. The van der Waals surface area contributed by atoms with E-state index in [0.29, 0.717) is 13.2 Å². The Balaban J connectivity index is 1.64. The third kappa shape index (κ3) is 1.55. The first-order chi connectivity index (χ1) is 7.72. The Morgan fingerprint density at radius 1 is 1.31 bits per heavy atom. The zero-order valence-electron chi connectivity index (χ0n) is 9.45. The highest BCUT2D eigenvalue weighted by molar-refractivity contribution is 5.81. The summed E-state index contributed by atoms with van der Waals surface area (Å²) in [4.78, 5) is 11.7. The van der Waals surface area contributed by atoms with E-state index in [-0.39, 0.29) is 29.4 Å². The molecule has 2 N–H and O–H groups in total. The zero-order valence-corrected chi connectivity index (χ0v) is 9.45. The first-order valence-corrected chi connectivity index (χ1v) is 6.28. The molecule has 4 nitrogen and oxygen atoms in total. The number of hydrogen-bond acceptors (Lipinski definition) is 3. The molecule has 3 rings (SSSR count). The van der Waals surface area contributed by atoms with E-state index < -0.39 is 0 Å². The first-order valence-electron chi connectivity index (χ1n) is 6.28. The number of ether oxygens (including phenoxy) is 1. The molecule has 0 bridgehead atoms. The van der Waals surface area contributed by atoms with Crippen LogP contribution in [0, 0.1) is 11.3 Å². The zero-order chi connectivity index (χ0) is 11.2. The highest BCUT2D eigenvalue weighted by Gasteiger charge is 2.55. The summed E-state index contributed by atoms with van der Waals surface area (Å²) in [6.45, 7) is 1.43. The lowest BCUT2D eigenvalue weighted by Crippen LogP contribution is -2.65. The summed E-state index contributed by atoms with van der Waals surface area (Å²) in [5, 5.41) is 13.1. The van der Waals surface area contributed by atoms with Gasteiger partial charge in [0.2, 0.25) is 5.91 Å². The fraction of sp³-hybridized carbons (Fsp3) is 0.917. The van der Waals surface area contributed by atoms with Crippen molar-refractivity contribution in [1.82, 2.24) is 5.32 Å². The standard InChI is InChI=1S/C12H19NO3/c14-10-7-9(13-11(15)8-1-2-8)12(10)3-5-16-6-4-12/h8-10,14H,1-7H2,(H,13,15)/t9-,10-/m1/s1. The molecular formula is C12H19NO3. The van der Waals surface area contributed by atoms with Crippen molar-refractivity contribution in [2.75, 3.05) is 13.2 Å². The van der Waals surface area contributed by atoms with E-state index in [4.69, 9.17) is 4.74 Å². The number of hydrogen-bond donors (Lipinski definition) is 2. The lowest BCUT2D eigenvalue weighted by Gasteiger charge is -2.55. The number of nitrogens with one attached hydrogen (secondary N) is 1. The minimum absolute atomic E-state index is 0.0806. The number of carbonyl (C=O) groups excluding carboxylic acids is 1. The smallest absolute Gasteiger partial charge is 0.223 e. The van der Waals surface area contributed by atoms with Crippen LogP contribution in [0.4, 0.5) is 0 Å². The molecule has 1 aliphatic heterocycles. The third-order valence-corrected chi connectivity index (χ3v) is 4.50. The van der Waals surface area contributed by atoms with E-state index >= 15 is 0 Å². The molecule has 0 unspecified atom stereocenters. The second kappa shape index (κ2) is 3.70.